The number of halogens is 1. The first-order chi connectivity index (χ1) is 16.0. The number of oxime groups is 1. The Morgan fingerprint density at radius 1 is 1.27 bits per heavy atom. The number of benzene rings is 1. The van der Waals surface area contributed by atoms with Crippen molar-refractivity contribution < 1.29 is 28.7 Å². The Morgan fingerprint density at radius 3 is 2.79 bits per heavy atom. The van der Waals surface area contributed by atoms with Gasteiger partial charge < -0.3 is 24.4 Å². The molecule has 0 saturated carbocycles. The van der Waals surface area contributed by atoms with Gasteiger partial charge in [0.05, 0.1) is 17.0 Å². The number of ether oxygens (including phenoxy) is 2. The molecule has 0 saturated heterocycles. The minimum atomic E-state index is -0.976. The molecule has 0 aromatic heterocycles. The Labute approximate surface area is 196 Å². The molecule has 176 valence electrons. The molecule has 10 heteroatoms. The van der Waals surface area contributed by atoms with Gasteiger partial charge in [0.1, 0.15) is 6.29 Å². The highest BCUT2D eigenvalue weighted by atomic mass is 32.2. The lowest BCUT2D eigenvalue weighted by molar-refractivity contribution is -0.108. The molecule has 8 nitrogen and oxygen atoms in total. The maximum Gasteiger partial charge on any atom is 0.231 e. The Hall–Kier alpha value is -3.40. The van der Waals surface area contributed by atoms with E-state index in [-0.39, 0.29) is 18.8 Å². The summed E-state index contributed by atoms with van der Waals surface area (Å²) in [5.74, 6) is 1.04. The standard InChI is InChI=1S/C23H26FN3O5S/c1-17(26-30)9-21(25-15-33-8-4-3-7-28)19(11-20(24)14-29)13-27(2)12-18-5-6-22-23(10-18)32-16-31-22/h5-7,9-11,13-15,30H,3-4,8,12,16H2,1-2H3/b19-13+,20-11+,21-9-,25-15?,26-17-. The first kappa shape index (κ1) is 25.9. The number of carbonyl (C=O) groups is 2. The van der Waals surface area contributed by atoms with Gasteiger partial charge in [0.2, 0.25) is 6.79 Å². The van der Waals surface area contributed by atoms with E-state index in [4.69, 9.17) is 14.7 Å². The minimum absolute atomic E-state index is 0.105. The molecule has 1 heterocycles. The van der Waals surface area contributed by atoms with Crippen LogP contribution in [-0.4, -0.2) is 53.5 Å². The zero-order valence-corrected chi connectivity index (χ0v) is 19.3. The van der Waals surface area contributed by atoms with Crippen LogP contribution < -0.4 is 9.47 Å². The second-order valence-corrected chi connectivity index (χ2v) is 7.97. The van der Waals surface area contributed by atoms with Crippen LogP contribution in [0.2, 0.25) is 0 Å². The van der Waals surface area contributed by atoms with E-state index in [2.05, 4.69) is 10.1 Å². The van der Waals surface area contributed by atoms with Crippen LogP contribution in [0.15, 0.2) is 63.8 Å². The van der Waals surface area contributed by atoms with Gasteiger partial charge in [-0.3, -0.25) is 4.79 Å². The zero-order chi connectivity index (χ0) is 24.1. The molecule has 1 aliphatic rings. The number of hydrogen-bond donors (Lipinski definition) is 1. The number of unbranched alkanes of at least 4 members (excludes halogenated alkanes) is 1. The highest BCUT2D eigenvalue weighted by Gasteiger charge is 2.14. The molecule has 2 rings (SSSR count). The van der Waals surface area contributed by atoms with Gasteiger partial charge in [0, 0.05) is 31.8 Å². The van der Waals surface area contributed by atoms with Crippen LogP contribution in [0.3, 0.4) is 0 Å². The van der Waals surface area contributed by atoms with E-state index in [1.54, 1.807) is 30.6 Å². The topological polar surface area (TPSA) is 101 Å². The number of thioether (sulfide) groups is 1. The summed E-state index contributed by atoms with van der Waals surface area (Å²) >= 11 is 1.39. The number of aldehydes is 2. The van der Waals surface area contributed by atoms with Crippen molar-refractivity contribution >= 4 is 35.6 Å². The number of fused-ring (bicyclic) bond motifs is 1. The third-order valence-corrected chi connectivity index (χ3v) is 5.06. The van der Waals surface area contributed by atoms with Gasteiger partial charge in [0.25, 0.3) is 0 Å². The number of carbonyl (C=O) groups excluding carboxylic acids is 2. The fraction of sp³-hybridized carbons (Fsp3) is 0.304. The van der Waals surface area contributed by atoms with Crippen molar-refractivity contribution in [2.45, 2.75) is 26.3 Å². The summed E-state index contributed by atoms with van der Waals surface area (Å²) < 4.78 is 24.6. The van der Waals surface area contributed by atoms with E-state index in [1.165, 1.54) is 17.8 Å². The molecule has 0 bridgehead atoms. The van der Waals surface area contributed by atoms with Gasteiger partial charge in [0.15, 0.2) is 23.6 Å². The Kier molecular flexibility index (Phi) is 10.9. The summed E-state index contributed by atoms with van der Waals surface area (Å²) in [6.45, 7) is 2.20. The van der Waals surface area contributed by atoms with Crippen molar-refractivity contribution in [3.8, 4) is 11.5 Å². The summed E-state index contributed by atoms with van der Waals surface area (Å²) in [5, 5.41) is 12.2. The molecular formula is C23H26FN3O5S. The van der Waals surface area contributed by atoms with Crippen LogP contribution in [0.4, 0.5) is 4.39 Å². The zero-order valence-electron chi connectivity index (χ0n) is 18.4. The van der Waals surface area contributed by atoms with Gasteiger partial charge >= 0.3 is 0 Å². The Morgan fingerprint density at radius 2 is 2.06 bits per heavy atom. The lowest BCUT2D eigenvalue weighted by Crippen LogP contribution is -2.11. The van der Waals surface area contributed by atoms with Crippen molar-refractivity contribution in [2.75, 3.05) is 19.6 Å². The molecule has 0 fully saturated rings. The van der Waals surface area contributed by atoms with Crippen LogP contribution in [0, 0.1) is 0 Å². The number of rotatable bonds is 13. The summed E-state index contributed by atoms with van der Waals surface area (Å²) in [6, 6.07) is 5.58. The molecule has 0 spiro atoms. The van der Waals surface area contributed by atoms with E-state index in [1.807, 2.05) is 18.2 Å². The van der Waals surface area contributed by atoms with Crippen molar-refractivity contribution in [1.29, 1.82) is 0 Å². The fourth-order valence-electron chi connectivity index (χ4n) is 2.79. The summed E-state index contributed by atoms with van der Waals surface area (Å²) in [7, 11) is 1.79. The molecule has 0 aliphatic carbocycles. The Balaban J connectivity index is 2.29. The average Bonchev–Trinajstić information content (AvgIpc) is 3.27. The van der Waals surface area contributed by atoms with Crippen molar-refractivity contribution in [3.63, 3.8) is 0 Å². The number of hydrogen-bond acceptors (Lipinski definition) is 9. The first-order valence-electron chi connectivity index (χ1n) is 10.1. The predicted octanol–water partition coefficient (Wildman–Crippen LogP) is 4.26. The second-order valence-electron chi connectivity index (χ2n) is 7.02. The first-order valence-corrected chi connectivity index (χ1v) is 11.1. The van der Waals surface area contributed by atoms with Gasteiger partial charge in [-0.25, -0.2) is 9.38 Å². The van der Waals surface area contributed by atoms with Gasteiger partial charge in [-0.05, 0) is 48.9 Å². The van der Waals surface area contributed by atoms with Crippen LogP contribution in [0.1, 0.15) is 25.3 Å². The maximum atomic E-state index is 13.9. The predicted molar refractivity (Wildman–Crippen MR) is 127 cm³/mol. The normalized spacial score (nSPS) is 14.6. The molecule has 0 radical (unpaired) electrons. The van der Waals surface area contributed by atoms with E-state index in [9.17, 15) is 14.0 Å². The molecule has 1 aliphatic heterocycles. The summed E-state index contributed by atoms with van der Waals surface area (Å²) in [4.78, 5) is 27.5. The van der Waals surface area contributed by atoms with E-state index < -0.39 is 5.83 Å². The maximum absolute atomic E-state index is 13.9. The monoisotopic (exact) mass is 475 g/mol. The number of aliphatic imine (C=N–C) groups is 1. The molecular weight excluding hydrogens is 449 g/mol. The summed E-state index contributed by atoms with van der Waals surface area (Å²) in [6.07, 6.45) is 6.30. The van der Waals surface area contributed by atoms with E-state index >= 15 is 0 Å². The van der Waals surface area contributed by atoms with Gasteiger partial charge in [-0.2, -0.15) is 0 Å². The van der Waals surface area contributed by atoms with Crippen LogP contribution in [0.25, 0.3) is 0 Å². The molecule has 1 aromatic carbocycles. The lowest BCUT2D eigenvalue weighted by atomic mass is 10.1. The lowest BCUT2D eigenvalue weighted by Gasteiger charge is -2.17. The minimum Gasteiger partial charge on any atom is -0.454 e. The van der Waals surface area contributed by atoms with Crippen molar-refractivity contribution in [1.82, 2.24) is 4.90 Å². The quantitative estimate of drug-likeness (QED) is 0.0665. The molecule has 1 aromatic rings. The van der Waals surface area contributed by atoms with E-state index in [0.29, 0.717) is 47.9 Å². The molecule has 1 N–H and O–H groups in total. The SMILES string of the molecule is CC(/C=C(N=CSCCCC=O)/C(/C=C(/F)C=O)=C/N(C)Cc1ccc2c(c1)OCO2)=N/O. The van der Waals surface area contributed by atoms with Crippen LogP contribution in [0.5, 0.6) is 11.5 Å². The van der Waals surface area contributed by atoms with Gasteiger partial charge in [-0.15, -0.1) is 11.8 Å². The van der Waals surface area contributed by atoms with Crippen LogP contribution in [-0.2, 0) is 16.1 Å². The highest BCUT2D eigenvalue weighted by molar-refractivity contribution is 8.12. The summed E-state index contributed by atoms with van der Waals surface area (Å²) in [5.41, 5.74) is 3.35. The molecule has 0 atom stereocenters. The third kappa shape index (κ3) is 8.93. The van der Waals surface area contributed by atoms with E-state index in [0.717, 1.165) is 17.9 Å². The number of nitrogens with zero attached hydrogens (tertiary/aromatic N) is 3. The highest BCUT2D eigenvalue weighted by Crippen LogP contribution is 2.32. The molecule has 0 amide bonds. The van der Waals surface area contributed by atoms with Gasteiger partial charge in [-0.1, -0.05) is 11.2 Å². The average molecular weight is 476 g/mol. The van der Waals surface area contributed by atoms with Crippen LogP contribution >= 0.6 is 11.8 Å². The largest absolute Gasteiger partial charge is 0.454 e. The van der Waals surface area contributed by atoms with Crippen molar-refractivity contribution in [2.24, 2.45) is 10.1 Å². The smallest absolute Gasteiger partial charge is 0.231 e. The Bertz CT molecular complexity index is 988. The second kappa shape index (κ2) is 13.9. The third-order valence-electron chi connectivity index (χ3n) is 4.28. The van der Waals surface area contributed by atoms with Crippen molar-refractivity contribution in [3.05, 3.63) is 59.2 Å². The fourth-order valence-corrected chi connectivity index (χ4v) is 3.42. The molecule has 0 unspecified atom stereocenters. The number of allylic oxidation sites excluding steroid dienone is 3. The molecule has 33 heavy (non-hydrogen) atoms.